The van der Waals surface area contributed by atoms with Crippen LogP contribution in [0.1, 0.15) is 28.4 Å². The van der Waals surface area contributed by atoms with Crippen LogP contribution in [0, 0.1) is 17.0 Å². The minimum atomic E-state index is -0.453. The van der Waals surface area contributed by atoms with Crippen LogP contribution < -0.4 is 5.32 Å². The molecule has 23 heavy (non-hydrogen) atoms. The number of amides is 1. The number of nitro groups is 1. The molecule has 0 bridgehead atoms. The minimum absolute atomic E-state index is 0.00487. The van der Waals surface area contributed by atoms with E-state index in [9.17, 15) is 14.9 Å². The molecule has 0 aliphatic rings. The molecule has 0 atom stereocenters. The SMILES string of the molecule is CCSCc1ccc(C(=O)Nc2cccc([N+](=O)[O-])c2C)cc1. The summed E-state index contributed by atoms with van der Waals surface area (Å²) in [7, 11) is 0. The van der Waals surface area contributed by atoms with Crippen molar-refractivity contribution >= 4 is 29.0 Å². The lowest BCUT2D eigenvalue weighted by atomic mass is 10.1. The molecule has 5 nitrogen and oxygen atoms in total. The number of hydrogen-bond donors (Lipinski definition) is 1. The zero-order valence-electron chi connectivity index (χ0n) is 13.0. The van der Waals surface area contributed by atoms with Crippen molar-refractivity contribution in [1.29, 1.82) is 0 Å². The first kappa shape index (κ1) is 17.0. The Balaban J connectivity index is 2.13. The number of carbonyl (C=O) groups is 1. The third-order valence-electron chi connectivity index (χ3n) is 3.44. The van der Waals surface area contributed by atoms with Gasteiger partial charge in [0.05, 0.1) is 16.2 Å². The maximum absolute atomic E-state index is 12.3. The van der Waals surface area contributed by atoms with E-state index in [0.29, 0.717) is 16.8 Å². The molecule has 1 N–H and O–H groups in total. The van der Waals surface area contributed by atoms with Gasteiger partial charge >= 0.3 is 0 Å². The summed E-state index contributed by atoms with van der Waals surface area (Å²) in [5.41, 5.74) is 2.59. The Bertz CT molecular complexity index is 714. The zero-order chi connectivity index (χ0) is 16.8. The molecular weight excluding hydrogens is 312 g/mol. The molecule has 0 heterocycles. The van der Waals surface area contributed by atoms with Crippen LogP contribution in [0.3, 0.4) is 0 Å². The highest BCUT2D eigenvalue weighted by molar-refractivity contribution is 7.98. The van der Waals surface area contributed by atoms with Crippen molar-refractivity contribution in [3.8, 4) is 0 Å². The first-order chi connectivity index (χ1) is 11.0. The summed E-state index contributed by atoms with van der Waals surface area (Å²) in [6.07, 6.45) is 0. The van der Waals surface area contributed by atoms with Crippen molar-refractivity contribution in [3.05, 3.63) is 69.3 Å². The summed E-state index contributed by atoms with van der Waals surface area (Å²) in [5.74, 6) is 1.69. The summed E-state index contributed by atoms with van der Waals surface area (Å²) >= 11 is 1.82. The predicted molar refractivity (Wildman–Crippen MR) is 94.1 cm³/mol. The van der Waals surface area contributed by atoms with Gasteiger partial charge in [-0.2, -0.15) is 11.8 Å². The van der Waals surface area contributed by atoms with Crippen LogP contribution in [0.2, 0.25) is 0 Å². The van der Waals surface area contributed by atoms with Crippen LogP contribution in [0.15, 0.2) is 42.5 Å². The first-order valence-corrected chi connectivity index (χ1v) is 8.40. The van der Waals surface area contributed by atoms with E-state index in [4.69, 9.17) is 0 Å². The summed E-state index contributed by atoms with van der Waals surface area (Å²) in [6, 6.07) is 12.0. The van der Waals surface area contributed by atoms with Gasteiger partial charge in [-0.25, -0.2) is 0 Å². The van der Waals surface area contributed by atoms with Crippen LogP contribution in [-0.2, 0) is 5.75 Å². The average Bonchev–Trinajstić information content (AvgIpc) is 2.55. The van der Waals surface area contributed by atoms with E-state index in [2.05, 4.69) is 12.2 Å². The van der Waals surface area contributed by atoms with Crippen molar-refractivity contribution in [2.45, 2.75) is 19.6 Å². The first-order valence-electron chi connectivity index (χ1n) is 7.25. The summed E-state index contributed by atoms with van der Waals surface area (Å²) in [6.45, 7) is 3.73. The third-order valence-corrected chi connectivity index (χ3v) is 4.38. The molecule has 0 fully saturated rings. The van der Waals surface area contributed by atoms with Gasteiger partial charge in [-0.1, -0.05) is 25.1 Å². The van der Waals surface area contributed by atoms with E-state index in [1.807, 2.05) is 23.9 Å². The molecule has 0 radical (unpaired) electrons. The predicted octanol–water partition coefficient (Wildman–Crippen LogP) is 4.41. The normalized spacial score (nSPS) is 10.3. The highest BCUT2D eigenvalue weighted by atomic mass is 32.2. The Morgan fingerprint density at radius 1 is 1.22 bits per heavy atom. The number of nitrogens with one attached hydrogen (secondary N) is 1. The largest absolute Gasteiger partial charge is 0.321 e. The van der Waals surface area contributed by atoms with Crippen LogP contribution in [-0.4, -0.2) is 16.6 Å². The zero-order valence-corrected chi connectivity index (χ0v) is 13.9. The minimum Gasteiger partial charge on any atom is -0.321 e. The molecule has 6 heteroatoms. The van der Waals surface area contributed by atoms with E-state index in [1.165, 1.54) is 11.6 Å². The van der Waals surface area contributed by atoms with Crippen LogP contribution in [0.25, 0.3) is 0 Å². The lowest BCUT2D eigenvalue weighted by Gasteiger charge is -2.09. The fourth-order valence-corrected chi connectivity index (χ4v) is 2.76. The van der Waals surface area contributed by atoms with E-state index >= 15 is 0 Å². The molecule has 2 aromatic carbocycles. The van der Waals surface area contributed by atoms with E-state index in [1.54, 1.807) is 31.2 Å². The molecule has 0 aromatic heterocycles. The lowest BCUT2D eigenvalue weighted by molar-refractivity contribution is -0.385. The van der Waals surface area contributed by atoms with Crippen molar-refractivity contribution in [2.75, 3.05) is 11.1 Å². The second-order valence-electron chi connectivity index (χ2n) is 4.99. The van der Waals surface area contributed by atoms with Crippen molar-refractivity contribution in [3.63, 3.8) is 0 Å². The number of nitrogens with zero attached hydrogens (tertiary/aromatic N) is 1. The molecule has 1 amide bonds. The van der Waals surface area contributed by atoms with Gasteiger partial charge in [0.2, 0.25) is 0 Å². The number of benzene rings is 2. The quantitative estimate of drug-likeness (QED) is 0.629. The summed E-state index contributed by atoms with van der Waals surface area (Å²) in [4.78, 5) is 22.8. The number of carbonyl (C=O) groups excluding carboxylic acids is 1. The smallest absolute Gasteiger partial charge is 0.274 e. The maximum atomic E-state index is 12.3. The fourth-order valence-electron chi connectivity index (χ4n) is 2.12. The van der Waals surface area contributed by atoms with Gasteiger partial charge in [0, 0.05) is 17.4 Å². The van der Waals surface area contributed by atoms with Gasteiger partial charge in [-0.3, -0.25) is 14.9 Å². The van der Waals surface area contributed by atoms with Gasteiger partial charge in [-0.15, -0.1) is 0 Å². The number of anilines is 1. The van der Waals surface area contributed by atoms with Gasteiger partial charge in [0.25, 0.3) is 11.6 Å². The second-order valence-corrected chi connectivity index (χ2v) is 6.27. The fraction of sp³-hybridized carbons (Fsp3) is 0.235. The highest BCUT2D eigenvalue weighted by Gasteiger charge is 2.15. The Hall–Kier alpha value is -2.34. The summed E-state index contributed by atoms with van der Waals surface area (Å²) in [5, 5.41) is 13.7. The lowest BCUT2D eigenvalue weighted by Crippen LogP contribution is -2.13. The number of rotatable bonds is 6. The third kappa shape index (κ3) is 4.32. The highest BCUT2D eigenvalue weighted by Crippen LogP contribution is 2.25. The molecule has 2 rings (SSSR count). The molecule has 0 spiro atoms. The maximum Gasteiger partial charge on any atom is 0.274 e. The van der Waals surface area contributed by atoms with Gasteiger partial charge in [0.1, 0.15) is 0 Å². The molecule has 0 aliphatic carbocycles. The van der Waals surface area contributed by atoms with Crippen molar-refractivity contribution < 1.29 is 9.72 Å². The molecule has 0 aliphatic heterocycles. The monoisotopic (exact) mass is 330 g/mol. The van der Waals surface area contributed by atoms with E-state index in [-0.39, 0.29) is 11.6 Å². The molecule has 120 valence electrons. The van der Waals surface area contributed by atoms with Gasteiger partial charge < -0.3 is 5.32 Å². The topological polar surface area (TPSA) is 72.2 Å². The van der Waals surface area contributed by atoms with Crippen molar-refractivity contribution in [2.24, 2.45) is 0 Å². The van der Waals surface area contributed by atoms with Crippen LogP contribution >= 0.6 is 11.8 Å². The molecule has 0 saturated heterocycles. The molecular formula is C17H18N2O3S. The van der Waals surface area contributed by atoms with Gasteiger partial charge in [0.15, 0.2) is 0 Å². The van der Waals surface area contributed by atoms with E-state index < -0.39 is 4.92 Å². The molecule has 0 unspecified atom stereocenters. The Morgan fingerprint density at radius 3 is 2.52 bits per heavy atom. The number of nitro benzene ring substituents is 1. The van der Waals surface area contributed by atoms with Crippen molar-refractivity contribution in [1.82, 2.24) is 0 Å². The molecule has 2 aromatic rings. The number of thioether (sulfide) groups is 1. The Morgan fingerprint density at radius 2 is 1.91 bits per heavy atom. The van der Waals surface area contributed by atoms with E-state index in [0.717, 1.165) is 11.5 Å². The average molecular weight is 330 g/mol. The summed E-state index contributed by atoms with van der Waals surface area (Å²) < 4.78 is 0. The van der Waals surface area contributed by atoms with Crippen LogP contribution in [0.5, 0.6) is 0 Å². The van der Waals surface area contributed by atoms with Gasteiger partial charge in [-0.05, 0) is 36.4 Å². The van der Waals surface area contributed by atoms with Crippen LogP contribution in [0.4, 0.5) is 11.4 Å². The molecule has 0 saturated carbocycles. The Labute approximate surface area is 139 Å². The second kappa shape index (κ2) is 7.78. The Kier molecular flexibility index (Phi) is 5.76. The standard InChI is InChI=1S/C17H18N2O3S/c1-3-23-11-13-7-9-14(10-8-13)17(20)18-15-5-4-6-16(12(15)2)19(21)22/h4-10H,3,11H2,1-2H3,(H,18,20). The number of hydrogen-bond acceptors (Lipinski definition) is 4.